The highest BCUT2D eigenvalue weighted by atomic mass is 32.2. The van der Waals surface area contributed by atoms with E-state index < -0.39 is 32.8 Å². The largest absolute Gasteiger partial charge is 0.390 e. The molecule has 9 heteroatoms. The molecule has 2 rings (SSSR count). The molecule has 0 saturated heterocycles. The molecule has 0 aliphatic rings. The molecule has 2 aromatic rings. The summed E-state index contributed by atoms with van der Waals surface area (Å²) in [6.45, 7) is -0.0967. The van der Waals surface area contributed by atoms with E-state index in [4.69, 9.17) is 0 Å². The molecule has 22 heavy (non-hydrogen) atoms. The van der Waals surface area contributed by atoms with Crippen molar-refractivity contribution in [1.82, 2.24) is 14.8 Å². The Morgan fingerprint density at radius 3 is 2.64 bits per heavy atom. The van der Waals surface area contributed by atoms with Crippen LogP contribution in [0.1, 0.15) is 5.56 Å². The molecule has 1 N–H and O–H groups in total. The fraction of sp³-hybridized carbons (Fsp3) is 0.385. The van der Waals surface area contributed by atoms with Gasteiger partial charge < -0.3 is 5.11 Å². The van der Waals surface area contributed by atoms with Crippen LogP contribution >= 0.6 is 0 Å². The molecule has 0 saturated carbocycles. The van der Waals surface area contributed by atoms with Gasteiger partial charge in [-0.25, -0.2) is 22.2 Å². The second-order valence-electron chi connectivity index (χ2n) is 4.99. The minimum atomic E-state index is -3.66. The lowest BCUT2D eigenvalue weighted by molar-refractivity contribution is 0.142. The summed E-state index contributed by atoms with van der Waals surface area (Å²) in [6.07, 6.45) is 1.98. The topological polar surface area (TPSA) is 85.1 Å². The van der Waals surface area contributed by atoms with E-state index in [-0.39, 0.29) is 18.5 Å². The molecule has 120 valence electrons. The van der Waals surface area contributed by atoms with Crippen molar-refractivity contribution in [3.63, 3.8) is 0 Å². The fourth-order valence-corrected chi connectivity index (χ4v) is 3.25. The van der Waals surface area contributed by atoms with E-state index in [1.807, 2.05) is 0 Å². The summed E-state index contributed by atoms with van der Waals surface area (Å²) in [6, 6.07) is 2.89. The second kappa shape index (κ2) is 6.49. The first-order valence-electron chi connectivity index (χ1n) is 6.40. The lowest BCUT2D eigenvalue weighted by Crippen LogP contribution is -2.38. The zero-order valence-electron chi connectivity index (χ0n) is 11.7. The Hall–Kier alpha value is -1.87. The third-order valence-corrected chi connectivity index (χ3v) is 4.84. The SMILES string of the molecule is CS(=O)(=O)C(Cc1ccc(F)cc1F)C(O)Cn1cncn1. The van der Waals surface area contributed by atoms with Crippen molar-refractivity contribution < 1.29 is 22.3 Å². The quantitative estimate of drug-likeness (QED) is 0.837. The second-order valence-corrected chi connectivity index (χ2v) is 7.26. The molecule has 2 atom stereocenters. The summed E-state index contributed by atoms with van der Waals surface area (Å²) in [5.41, 5.74) is 0.0227. The van der Waals surface area contributed by atoms with E-state index in [0.717, 1.165) is 12.3 Å². The number of aromatic nitrogens is 3. The minimum Gasteiger partial charge on any atom is -0.390 e. The average molecular weight is 331 g/mol. The summed E-state index contributed by atoms with van der Waals surface area (Å²) >= 11 is 0. The third kappa shape index (κ3) is 4.08. The number of halogens is 2. The molecule has 0 radical (unpaired) electrons. The van der Waals surface area contributed by atoms with Crippen LogP contribution in [0.15, 0.2) is 30.9 Å². The molecule has 6 nitrogen and oxygen atoms in total. The average Bonchev–Trinajstić information content (AvgIpc) is 2.88. The van der Waals surface area contributed by atoms with Crippen molar-refractivity contribution in [2.45, 2.75) is 24.3 Å². The van der Waals surface area contributed by atoms with Crippen LogP contribution in [-0.4, -0.2) is 45.9 Å². The maximum Gasteiger partial charge on any atom is 0.153 e. The van der Waals surface area contributed by atoms with Crippen LogP contribution in [0.4, 0.5) is 8.78 Å². The van der Waals surface area contributed by atoms with Gasteiger partial charge >= 0.3 is 0 Å². The van der Waals surface area contributed by atoms with E-state index in [0.29, 0.717) is 6.07 Å². The van der Waals surface area contributed by atoms with Crippen molar-refractivity contribution in [2.24, 2.45) is 0 Å². The van der Waals surface area contributed by atoms with E-state index in [1.165, 1.54) is 23.4 Å². The Balaban J connectivity index is 2.23. The number of sulfone groups is 1. The van der Waals surface area contributed by atoms with Gasteiger partial charge in [-0.15, -0.1) is 0 Å². The van der Waals surface area contributed by atoms with Gasteiger partial charge in [-0.1, -0.05) is 6.07 Å². The smallest absolute Gasteiger partial charge is 0.153 e. The standard InChI is InChI=1S/C13H15F2N3O3S/c1-22(20,21)13(12(19)6-18-8-16-7-17-18)4-9-2-3-10(14)5-11(9)15/h2-3,5,7-8,12-13,19H,4,6H2,1H3. The Kier molecular flexibility index (Phi) is 4.87. The van der Waals surface area contributed by atoms with Gasteiger partial charge in [0.15, 0.2) is 9.84 Å². The summed E-state index contributed by atoms with van der Waals surface area (Å²) in [7, 11) is -3.66. The van der Waals surface area contributed by atoms with Crippen LogP contribution in [0.3, 0.4) is 0 Å². The van der Waals surface area contributed by atoms with Crippen LogP contribution in [0, 0.1) is 11.6 Å². The van der Waals surface area contributed by atoms with Gasteiger partial charge in [0.25, 0.3) is 0 Å². The van der Waals surface area contributed by atoms with E-state index in [1.54, 1.807) is 0 Å². The molecule has 0 aliphatic carbocycles. The third-order valence-electron chi connectivity index (χ3n) is 3.26. The van der Waals surface area contributed by atoms with Crippen molar-refractivity contribution in [1.29, 1.82) is 0 Å². The van der Waals surface area contributed by atoms with E-state index >= 15 is 0 Å². The molecular weight excluding hydrogens is 316 g/mol. The zero-order chi connectivity index (χ0) is 16.3. The number of hydrogen-bond donors (Lipinski definition) is 1. The molecule has 2 unspecified atom stereocenters. The first kappa shape index (κ1) is 16.5. The molecule has 0 aliphatic heterocycles. The fourth-order valence-electron chi connectivity index (χ4n) is 2.11. The van der Waals surface area contributed by atoms with Gasteiger partial charge in [-0.05, 0) is 18.1 Å². The van der Waals surface area contributed by atoms with E-state index in [9.17, 15) is 22.3 Å². The van der Waals surface area contributed by atoms with Crippen LogP contribution in [0.5, 0.6) is 0 Å². The van der Waals surface area contributed by atoms with Crippen molar-refractivity contribution in [3.8, 4) is 0 Å². The van der Waals surface area contributed by atoms with Gasteiger partial charge in [-0.3, -0.25) is 4.68 Å². The summed E-state index contributed by atoms with van der Waals surface area (Å²) in [5.74, 6) is -1.60. The Morgan fingerprint density at radius 2 is 2.09 bits per heavy atom. The summed E-state index contributed by atoms with van der Waals surface area (Å²) in [4.78, 5) is 3.69. The van der Waals surface area contributed by atoms with Crippen LogP contribution in [-0.2, 0) is 22.8 Å². The highest BCUT2D eigenvalue weighted by Gasteiger charge is 2.30. The number of nitrogens with zero attached hydrogens (tertiary/aromatic N) is 3. The number of aliphatic hydroxyl groups is 1. The Morgan fingerprint density at radius 1 is 1.36 bits per heavy atom. The molecule has 0 amide bonds. The van der Waals surface area contributed by atoms with Gasteiger partial charge in [0.2, 0.25) is 0 Å². The molecular formula is C13H15F2N3O3S. The Labute approximate surface area is 126 Å². The number of rotatable bonds is 6. The number of benzene rings is 1. The molecule has 0 spiro atoms. The zero-order valence-corrected chi connectivity index (χ0v) is 12.5. The van der Waals surface area contributed by atoms with Crippen molar-refractivity contribution >= 4 is 9.84 Å². The number of hydrogen-bond acceptors (Lipinski definition) is 5. The predicted molar refractivity (Wildman–Crippen MR) is 74.7 cm³/mol. The van der Waals surface area contributed by atoms with Crippen molar-refractivity contribution in [2.75, 3.05) is 6.26 Å². The Bertz CT molecular complexity index is 735. The maximum absolute atomic E-state index is 13.7. The van der Waals surface area contributed by atoms with Gasteiger partial charge in [0, 0.05) is 12.3 Å². The maximum atomic E-state index is 13.7. The predicted octanol–water partition coefficient (Wildman–Crippen LogP) is 0.573. The van der Waals surface area contributed by atoms with Gasteiger partial charge in [0.05, 0.1) is 17.9 Å². The molecule has 0 bridgehead atoms. The lowest BCUT2D eigenvalue weighted by Gasteiger charge is -2.21. The van der Waals surface area contributed by atoms with Crippen LogP contribution in [0.25, 0.3) is 0 Å². The number of aliphatic hydroxyl groups excluding tert-OH is 1. The van der Waals surface area contributed by atoms with Crippen LogP contribution in [0.2, 0.25) is 0 Å². The van der Waals surface area contributed by atoms with Gasteiger partial charge in [-0.2, -0.15) is 5.10 Å². The van der Waals surface area contributed by atoms with Gasteiger partial charge in [0.1, 0.15) is 24.3 Å². The van der Waals surface area contributed by atoms with Crippen LogP contribution < -0.4 is 0 Å². The monoisotopic (exact) mass is 331 g/mol. The van der Waals surface area contributed by atoms with Crippen molar-refractivity contribution in [3.05, 3.63) is 48.1 Å². The highest BCUT2D eigenvalue weighted by molar-refractivity contribution is 7.91. The summed E-state index contributed by atoms with van der Waals surface area (Å²) < 4.78 is 51.6. The molecule has 1 heterocycles. The molecule has 0 fully saturated rings. The lowest BCUT2D eigenvalue weighted by atomic mass is 10.1. The first-order chi connectivity index (χ1) is 10.3. The minimum absolute atomic E-state index is 0.0227. The highest BCUT2D eigenvalue weighted by Crippen LogP contribution is 2.18. The first-order valence-corrected chi connectivity index (χ1v) is 8.36. The normalized spacial score (nSPS) is 14.7. The summed E-state index contributed by atoms with van der Waals surface area (Å²) in [5, 5.41) is 12.7. The van der Waals surface area contributed by atoms with E-state index in [2.05, 4.69) is 10.1 Å². The molecule has 1 aromatic carbocycles. The molecule has 1 aromatic heterocycles.